The molecule has 1 aromatic heterocycles. The van der Waals surface area contributed by atoms with Crippen LogP contribution in [0.15, 0.2) is 17.5 Å². The number of piperidine rings is 1. The van der Waals surface area contributed by atoms with Crippen LogP contribution in [0.25, 0.3) is 0 Å². The van der Waals surface area contributed by atoms with E-state index in [1.165, 1.54) is 0 Å². The second-order valence-corrected chi connectivity index (χ2v) is 6.57. The van der Waals surface area contributed by atoms with Crippen molar-refractivity contribution in [2.45, 2.75) is 39.2 Å². The van der Waals surface area contributed by atoms with Crippen LogP contribution < -0.4 is 5.32 Å². The Morgan fingerprint density at radius 1 is 1.32 bits per heavy atom. The summed E-state index contributed by atoms with van der Waals surface area (Å²) in [5.74, 6) is 0.0796. The average Bonchev–Trinajstić information content (AvgIpc) is 3.02. The van der Waals surface area contributed by atoms with Crippen LogP contribution in [0.5, 0.6) is 0 Å². The smallest absolute Gasteiger partial charge is 0.319 e. The summed E-state index contributed by atoms with van der Waals surface area (Å²) in [5.41, 5.74) is 0. The van der Waals surface area contributed by atoms with Crippen LogP contribution in [0.3, 0.4) is 0 Å². The molecular formula is C16H25N3O2S. The van der Waals surface area contributed by atoms with Gasteiger partial charge in [0.2, 0.25) is 5.91 Å². The van der Waals surface area contributed by atoms with Gasteiger partial charge in [-0.15, -0.1) is 11.3 Å². The molecule has 1 N–H and O–H groups in total. The lowest BCUT2D eigenvalue weighted by atomic mass is 10.1. The molecule has 0 spiro atoms. The molecule has 1 fully saturated rings. The molecule has 0 atom stereocenters. The molecule has 0 aliphatic carbocycles. The topological polar surface area (TPSA) is 52.7 Å². The Hall–Kier alpha value is -1.56. The van der Waals surface area contributed by atoms with E-state index in [2.05, 4.69) is 5.32 Å². The maximum absolute atomic E-state index is 12.3. The zero-order chi connectivity index (χ0) is 15.9. The third-order valence-corrected chi connectivity index (χ3v) is 4.96. The van der Waals surface area contributed by atoms with Crippen molar-refractivity contribution >= 4 is 23.3 Å². The number of amides is 3. The molecule has 22 heavy (non-hydrogen) atoms. The van der Waals surface area contributed by atoms with Crippen LogP contribution in [-0.2, 0) is 11.2 Å². The SMILES string of the molecule is CCN(CC)C(=O)N1CCC(NC(=O)Cc2cccs2)CC1. The van der Waals surface area contributed by atoms with Crippen LogP contribution in [-0.4, -0.2) is 54.0 Å². The van der Waals surface area contributed by atoms with Gasteiger partial charge in [-0.05, 0) is 38.1 Å². The minimum absolute atomic E-state index is 0.0796. The van der Waals surface area contributed by atoms with Gasteiger partial charge in [0.25, 0.3) is 0 Å². The first kappa shape index (κ1) is 16.8. The summed E-state index contributed by atoms with van der Waals surface area (Å²) in [6.07, 6.45) is 2.13. The predicted molar refractivity (Wildman–Crippen MR) is 89.1 cm³/mol. The van der Waals surface area contributed by atoms with E-state index in [4.69, 9.17) is 0 Å². The average molecular weight is 323 g/mol. The van der Waals surface area contributed by atoms with E-state index in [9.17, 15) is 9.59 Å². The molecule has 1 aliphatic rings. The van der Waals surface area contributed by atoms with E-state index in [0.29, 0.717) is 6.42 Å². The van der Waals surface area contributed by atoms with Gasteiger partial charge in [-0.25, -0.2) is 4.79 Å². The van der Waals surface area contributed by atoms with E-state index in [-0.39, 0.29) is 18.0 Å². The number of thiophene rings is 1. The third-order valence-electron chi connectivity index (χ3n) is 4.08. The molecule has 0 saturated carbocycles. The molecule has 0 bridgehead atoms. The Labute approximate surface area is 136 Å². The van der Waals surface area contributed by atoms with Crippen molar-refractivity contribution in [3.63, 3.8) is 0 Å². The Morgan fingerprint density at radius 2 is 2.00 bits per heavy atom. The molecule has 0 unspecified atom stereocenters. The fourth-order valence-corrected chi connectivity index (χ4v) is 3.46. The van der Waals surface area contributed by atoms with Crippen molar-refractivity contribution in [3.05, 3.63) is 22.4 Å². The second kappa shape index (κ2) is 8.17. The predicted octanol–water partition coefficient (Wildman–Crippen LogP) is 2.33. The largest absolute Gasteiger partial charge is 0.353 e. The first-order valence-corrected chi connectivity index (χ1v) is 8.87. The van der Waals surface area contributed by atoms with Gasteiger partial charge >= 0.3 is 6.03 Å². The van der Waals surface area contributed by atoms with E-state index in [1.807, 2.05) is 41.2 Å². The lowest BCUT2D eigenvalue weighted by molar-refractivity contribution is -0.121. The Bertz CT molecular complexity index is 478. The normalized spacial score (nSPS) is 15.6. The number of carbonyl (C=O) groups excluding carboxylic acids is 2. The van der Waals surface area contributed by atoms with Crippen LogP contribution in [0, 0.1) is 0 Å². The second-order valence-electron chi connectivity index (χ2n) is 5.54. The fourth-order valence-electron chi connectivity index (χ4n) is 2.76. The van der Waals surface area contributed by atoms with Gasteiger partial charge in [-0.1, -0.05) is 6.07 Å². The minimum atomic E-state index is 0.0796. The third kappa shape index (κ3) is 4.47. The van der Waals surface area contributed by atoms with Gasteiger partial charge in [0.1, 0.15) is 0 Å². The van der Waals surface area contributed by atoms with Gasteiger partial charge in [0, 0.05) is 37.1 Å². The van der Waals surface area contributed by atoms with Crippen LogP contribution in [0.1, 0.15) is 31.6 Å². The zero-order valence-electron chi connectivity index (χ0n) is 13.4. The number of nitrogens with one attached hydrogen (secondary N) is 1. The highest BCUT2D eigenvalue weighted by Gasteiger charge is 2.25. The highest BCUT2D eigenvalue weighted by Crippen LogP contribution is 2.14. The summed E-state index contributed by atoms with van der Waals surface area (Å²) in [5, 5.41) is 5.08. The molecule has 2 heterocycles. The highest BCUT2D eigenvalue weighted by atomic mass is 32.1. The number of hydrogen-bond acceptors (Lipinski definition) is 3. The van der Waals surface area contributed by atoms with Crippen molar-refractivity contribution in [1.82, 2.24) is 15.1 Å². The lowest BCUT2D eigenvalue weighted by Crippen LogP contribution is -2.50. The zero-order valence-corrected chi connectivity index (χ0v) is 14.2. The number of urea groups is 1. The van der Waals surface area contributed by atoms with E-state index in [1.54, 1.807) is 11.3 Å². The fraction of sp³-hybridized carbons (Fsp3) is 0.625. The van der Waals surface area contributed by atoms with Crippen molar-refractivity contribution in [1.29, 1.82) is 0 Å². The van der Waals surface area contributed by atoms with E-state index < -0.39 is 0 Å². The standard InChI is InChI=1S/C16H25N3O2S/c1-3-18(4-2)16(21)19-9-7-13(8-10-19)17-15(20)12-14-6-5-11-22-14/h5-6,11,13H,3-4,7-10,12H2,1-2H3,(H,17,20). The number of nitrogens with zero attached hydrogens (tertiary/aromatic N) is 2. The summed E-state index contributed by atoms with van der Waals surface area (Å²) < 4.78 is 0. The molecule has 1 saturated heterocycles. The highest BCUT2D eigenvalue weighted by molar-refractivity contribution is 7.10. The Balaban J connectivity index is 1.75. The van der Waals surface area contributed by atoms with Gasteiger partial charge in [-0.3, -0.25) is 4.79 Å². The summed E-state index contributed by atoms with van der Waals surface area (Å²) >= 11 is 1.61. The maximum atomic E-state index is 12.3. The first-order chi connectivity index (χ1) is 10.6. The van der Waals surface area contributed by atoms with Crippen molar-refractivity contribution in [2.75, 3.05) is 26.2 Å². The minimum Gasteiger partial charge on any atom is -0.353 e. The molecule has 1 aliphatic heterocycles. The molecule has 6 heteroatoms. The number of rotatable bonds is 5. The molecule has 122 valence electrons. The van der Waals surface area contributed by atoms with Gasteiger partial charge < -0.3 is 15.1 Å². The molecule has 2 rings (SSSR count). The number of likely N-dealkylation sites (tertiary alicyclic amines) is 1. The molecule has 3 amide bonds. The molecule has 5 nitrogen and oxygen atoms in total. The molecule has 1 aromatic rings. The van der Waals surface area contributed by atoms with E-state index in [0.717, 1.165) is 43.9 Å². The molecule has 0 radical (unpaired) electrons. The summed E-state index contributed by atoms with van der Waals surface area (Å²) in [6.45, 7) is 6.93. The Morgan fingerprint density at radius 3 is 2.55 bits per heavy atom. The summed E-state index contributed by atoms with van der Waals surface area (Å²) in [4.78, 5) is 29.1. The molecular weight excluding hydrogens is 298 g/mol. The van der Waals surface area contributed by atoms with Crippen LogP contribution >= 0.6 is 11.3 Å². The first-order valence-electron chi connectivity index (χ1n) is 7.99. The monoisotopic (exact) mass is 323 g/mol. The Kier molecular flexibility index (Phi) is 6.24. The van der Waals surface area contributed by atoms with Gasteiger partial charge in [-0.2, -0.15) is 0 Å². The molecule has 0 aromatic carbocycles. The van der Waals surface area contributed by atoms with Crippen molar-refractivity contribution in [2.24, 2.45) is 0 Å². The number of carbonyl (C=O) groups is 2. The maximum Gasteiger partial charge on any atom is 0.319 e. The quantitative estimate of drug-likeness (QED) is 0.904. The number of hydrogen-bond donors (Lipinski definition) is 1. The summed E-state index contributed by atoms with van der Waals surface area (Å²) in [7, 11) is 0. The van der Waals surface area contributed by atoms with Gasteiger partial charge in [0.15, 0.2) is 0 Å². The van der Waals surface area contributed by atoms with E-state index >= 15 is 0 Å². The lowest BCUT2D eigenvalue weighted by Gasteiger charge is -2.35. The van der Waals surface area contributed by atoms with Crippen LogP contribution in [0.4, 0.5) is 4.79 Å². The summed E-state index contributed by atoms with van der Waals surface area (Å²) in [6, 6.07) is 4.25. The van der Waals surface area contributed by atoms with Crippen molar-refractivity contribution in [3.8, 4) is 0 Å². The van der Waals surface area contributed by atoms with Gasteiger partial charge in [0.05, 0.1) is 6.42 Å². The van der Waals surface area contributed by atoms with Crippen LogP contribution in [0.2, 0.25) is 0 Å². The van der Waals surface area contributed by atoms with Crippen molar-refractivity contribution < 1.29 is 9.59 Å².